The predicted octanol–water partition coefficient (Wildman–Crippen LogP) is 4.60. The van der Waals surface area contributed by atoms with E-state index in [2.05, 4.69) is 20.4 Å². The second kappa shape index (κ2) is 8.01. The van der Waals surface area contributed by atoms with Gasteiger partial charge in [-0.05, 0) is 39.7 Å². The fourth-order valence-corrected chi connectivity index (χ4v) is 3.22. The summed E-state index contributed by atoms with van der Waals surface area (Å²) in [6, 6.07) is 2.39. The fraction of sp³-hybridized carbons (Fsp3) is 0.381. The lowest BCUT2D eigenvalue weighted by Crippen LogP contribution is -2.39. The van der Waals surface area contributed by atoms with Gasteiger partial charge in [-0.1, -0.05) is 0 Å². The van der Waals surface area contributed by atoms with Gasteiger partial charge in [-0.15, -0.1) is 0 Å². The Morgan fingerprint density at radius 2 is 2.00 bits per heavy atom. The van der Waals surface area contributed by atoms with Gasteiger partial charge in [0.25, 0.3) is 0 Å². The summed E-state index contributed by atoms with van der Waals surface area (Å²) in [4.78, 5) is 33.7. The van der Waals surface area contributed by atoms with E-state index in [-0.39, 0.29) is 34.6 Å². The molecule has 3 aromatic rings. The summed E-state index contributed by atoms with van der Waals surface area (Å²) in [7, 11) is 0. The van der Waals surface area contributed by atoms with Crippen LogP contribution in [0.4, 0.5) is 35.3 Å². The Morgan fingerprint density at radius 3 is 2.61 bits per heavy atom. The fourth-order valence-electron chi connectivity index (χ4n) is 3.22. The number of alkyl halides is 3. The average Bonchev–Trinajstić information content (AvgIpc) is 3.44. The van der Waals surface area contributed by atoms with Crippen molar-refractivity contribution in [3.63, 3.8) is 0 Å². The van der Waals surface area contributed by atoms with Gasteiger partial charge in [-0.25, -0.2) is 9.78 Å². The number of anilines is 3. The zero-order chi connectivity index (χ0) is 24.0. The summed E-state index contributed by atoms with van der Waals surface area (Å²) in [5.41, 5.74) is -1.83. The molecule has 0 spiro atoms. The number of amides is 1. The van der Waals surface area contributed by atoms with Crippen LogP contribution in [0.1, 0.15) is 49.5 Å². The normalized spacial score (nSPS) is 14.2. The maximum atomic E-state index is 13.4. The van der Waals surface area contributed by atoms with Gasteiger partial charge in [-0.2, -0.15) is 22.8 Å². The summed E-state index contributed by atoms with van der Waals surface area (Å²) in [5, 5.41) is 6.81. The molecule has 0 aromatic carbocycles. The number of carbonyl (C=O) groups is 2. The Hall–Kier alpha value is -3.70. The number of ether oxygens (including phenoxy) is 1. The minimum absolute atomic E-state index is 0.00740. The Kier molecular flexibility index (Phi) is 5.46. The largest absolute Gasteiger partial charge is 0.443 e. The zero-order valence-electron chi connectivity index (χ0n) is 18.1. The van der Waals surface area contributed by atoms with Crippen molar-refractivity contribution in [1.29, 1.82) is 0 Å². The number of rotatable bonds is 5. The SMILES string of the molecule is CC(C)(C)OC(=O)N(c1cc(Nc2ccncc2C(F)(F)F)nc2c(C=O)cnn12)C1CC1. The molecule has 1 N–H and O–H groups in total. The van der Waals surface area contributed by atoms with E-state index in [1.54, 1.807) is 20.8 Å². The van der Waals surface area contributed by atoms with E-state index in [0.717, 1.165) is 18.9 Å². The molecule has 4 rings (SSSR count). The first kappa shape index (κ1) is 22.5. The predicted molar refractivity (Wildman–Crippen MR) is 113 cm³/mol. The lowest BCUT2D eigenvalue weighted by Gasteiger charge is -2.28. The standard InChI is InChI=1S/C21H21F3N6O3/c1-20(2,3)33-19(32)29(13-4-5-13)17-8-16(28-18-12(11-31)9-26-30(17)18)27-15-6-7-25-10-14(15)21(22,23)24/h6-11,13H,4-5H2,1-3H3,(H,25,27,28). The highest BCUT2D eigenvalue weighted by atomic mass is 19.4. The molecule has 0 unspecified atom stereocenters. The third kappa shape index (κ3) is 4.73. The molecule has 0 saturated heterocycles. The van der Waals surface area contributed by atoms with E-state index < -0.39 is 23.4 Å². The number of aldehydes is 1. The van der Waals surface area contributed by atoms with Crippen LogP contribution in [0, 0.1) is 0 Å². The van der Waals surface area contributed by atoms with Crippen LogP contribution in [0.3, 0.4) is 0 Å². The van der Waals surface area contributed by atoms with Crippen LogP contribution in [-0.2, 0) is 10.9 Å². The topological polar surface area (TPSA) is 102 Å². The van der Waals surface area contributed by atoms with Crippen LogP contribution in [-0.4, -0.2) is 43.6 Å². The molecule has 0 bridgehead atoms. The molecule has 3 aromatic heterocycles. The summed E-state index contributed by atoms with van der Waals surface area (Å²) >= 11 is 0. The first-order valence-corrected chi connectivity index (χ1v) is 10.1. The van der Waals surface area contributed by atoms with Crippen molar-refractivity contribution >= 4 is 35.3 Å². The molecule has 12 heteroatoms. The van der Waals surface area contributed by atoms with Gasteiger partial charge in [0.1, 0.15) is 17.2 Å². The molecule has 3 heterocycles. The second-order valence-corrected chi connectivity index (χ2v) is 8.58. The summed E-state index contributed by atoms with van der Waals surface area (Å²) < 4.78 is 47.1. The lowest BCUT2D eigenvalue weighted by molar-refractivity contribution is -0.137. The highest BCUT2D eigenvalue weighted by Crippen LogP contribution is 2.37. The number of nitrogens with one attached hydrogen (secondary N) is 1. The Bertz CT molecular complexity index is 1210. The van der Waals surface area contributed by atoms with Crippen molar-refractivity contribution in [2.24, 2.45) is 0 Å². The van der Waals surface area contributed by atoms with E-state index in [1.165, 1.54) is 27.9 Å². The van der Waals surface area contributed by atoms with Gasteiger partial charge in [0.05, 0.1) is 23.0 Å². The number of pyridine rings is 1. The summed E-state index contributed by atoms with van der Waals surface area (Å²) in [5.74, 6) is 0.210. The van der Waals surface area contributed by atoms with Crippen molar-refractivity contribution in [1.82, 2.24) is 19.6 Å². The van der Waals surface area contributed by atoms with Crippen LogP contribution in [0.2, 0.25) is 0 Å². The average molecular weight is 462 g/mol. The number of hydrogen-bond acceptors (Lipinski definition) is 7. The second-order valence-electron chi connectivity index (χ2n) is 8.58. The van der Waals surface area contributed by atoms with Gasteiger partial charge in [-0.3, -0.25) is 14.7 Å². The third-order valence-electron chi connectivity index (χ3n) is 4.75. The molecule has 0 aliphatic heterocycles. The van der Waals surface area contributed by atoms with E-state index >= 15 is 0 Å². The Morgan fingerprint density at radius 1 is 1.27 bits per heavy atom. The van der Waals surface area contributed by atoms with Crippen molar-refractivity contribution in [2.45, 2.75) is 51.4 Å². The maximum Gasteiger partial charge on any atom is 0.419 e. The Labute approximate surface area is 186 Å². The third-order valence-corrected chi connectivity index (χ3v) is 4.75. The molecule has 1 aliphatic rings. The minimum Gasteiger partial charge on any atom is -0.443 e. The molecular formula is C21H21F3N6O3. The molecule has 1 aliphatic carbocycles. The van der Waals surface area contributed by atoms with E-state index in [0.29, 0.717) is 12.5 Å². The molecule has 0 atom stereocenters. The number of halogens is 3. The van der Waals surface area contributed by atoms with Crippen LogP contribution in [0.15, 0.2) is 30.7 Å². The van der Waals surface area contributed by atoms with Gasteiger partial charge < -0.3 is 10.1 Å². The molecule has 1 saturated carbocycles. The molecular weight excluding hydrogens is 441 g/mol. The van der Waals surface area contributed by atoms with Crippen LogP contribution >= 0.6 is 0 Å². The first-order chi connectivity index (χ1) is 15.5. The maximum absolute atomic E-state index is 13.4. The van der Waals surface area contributed by atoms with E-state index in [1.807, 2.05) is 0 Å². The monoisotopic (exact) mass is 462 g/mol. The van der Waals surface area contributed by atoms with Gasteiger partial charge in [0, 0.05) is 24.5 Å². The number of carbonyl (C=O) groups excluding carboxylic acids is 2. The number of aromatic nitrogens is 4. The quantitative estimate of drug-likeness (QED) is 0.553. The first-order valence-electron chi connectivity index (χ1n) is 10.1. The summed E-state index contributed by atoms with van der Waals surface area (Å²) in [6.45, 7) is 5.18. The number of fused-ring (bicyclic) bond motifs is 1. The highest BCUT2D eigenvalue weighted by molar-refractivity contribution is 5.91. The van der Waals surface area contributed by atoms with Crippen molar-refractivity contribution in [3.05, 3.63) is 41.9 Å². The van der Waals surface area contributed by atoms with Crippen LogP contribution in [0.25, 0.3) is 5.65 Å². The van der Waals surface area contributed by atoms with Gasteiger partial charge in [0.2, 0.25) is 0 Å². The molecule has 1 fully saturated rings. The smallest absolute Gasteiger partial charge is 0.419 e. The minimum atomic E-state index is -4.65. The molecule has 174 valence electrons. The van der Waals surface area contributed by atoms with Crippen molar-refractivity contribution < 1.29 is 27.5 Å². The van der Waals surface area contributed by atoms with Gasteiger partial charge in [0.15, 0.2) is 11.9 Å². The zero-order valence-corrected chi connectivity index (χ0v) is 18.1. The van der Waals surface area contributed by atoms with Crippen LogP contribution in [0.5, 0.6) is 0 Å². The van der Waals surface area contributed by atoms with Crippen LogP contribution < -0.4 is 10.2 Å². The van der Waals surface area contributed by atoms with Crippen molar-refractivity contribution in [3.8, 4) is 0 Å². The number of hydrogen-bond donors (Lipinski definition) is 1. The lowest BCUT2D eigenvalue weighted by atomic mass is 10.2. The molecule has 9 nitrogen and oxygen atoms in total. The molecule has 33 heavy (non-hydrogen) atoms. The Balaban J connectivity index is 1.84. The molecule has 1 amide bonds. The highest BCUT2D eigenvalue weighted by Gasteiger charge is 2.39. The molecule has 0 radical (unpaired) electrons. The van der Waals surface area contributed by atoms with Crippen molar-refractivity contribution in [2.75, 3.05) is 10.2 Å². The summed E-state index contributed by atoms with van der Waals surface area (Å²) in [6.07, 6.45) is -0.122. The number of nitrogens with zero attached hydrogens (tertiary/aromatic N) is 5. The van der Waals surface area contributed by atoms with Gasteiger partial charge >= 0.3 is 12.3 Å². The van der Waals surface area contributed by atoms with E-state index in [9.17, 15) is 22.8 Å². The van der Waals surface area contributed by atoms with E-state index in [4.69, 9.17) is 4.74 Å².